The first kappa shape index (κ1) is 9.43. The first-order valence-electron chi connectivity index (χ1n) is 4.03. The molecule has 1 heterocycles. The van der Waals surface area contributed by atoms with Crippen LogP contribution in [0.5, 0.6) is 0 Å². The number of esters is 1. The Hall–Kier alpha value is -1.13. The van der Waals surface area contributed by atoms with Crippen molar-refractivity contribution in [2.75, 3.05) is 0 Å². The number of rotatable bonds is 1. The molecule has 0 saturated heterocycles. The van der Waals surface area contributed by atoms with Crippen LogP contribution < -0.4 is 0 Å². The number of carbonyl (C=O) groups is 1. The van der Waals surface area contributed by atoms with Crippen LogP contribution in [0.3, 0.4) is 0 Å². The summed E-state index contributed by atoms with van der Waals surface area (Å²) in [5.41, 5.74) is 1.29. The van der Waals surface area contributed by atoms with Crippen LogP contribution in [0.4, 0.5) is 0 Å². The molecular formula is C10H7BrO3. The van der Waals surface area contributed by atoms with Gasteiger partial charge < -0.3 is 9.84 Å². The van der Waals surface area contributed by atoms with Gasteiger partial charge in [-0.15, -0.1) is 0 Å². The molecule has 1 atom stereocenters. The Morgan fingerprint density at radius 3 is 2.43 bits per heavy atom. The molecule has 0 bridgehead atoms. The second-order valence-electron chi connectivity index (χ2n) is 2.90. The summed E-state index contributed by atoms with van der Waals surface area (Å²) in [6.07, 6.45) is 0.164. The third-order valence-electron chi connectivity index (χ3n) is 1.94. The smallest absolute Gasteiger partial charge is 0.333 e. The van der Waals surface area contributed by atoms with Crippen molar-refractivity contribution < 1.29 is 14.6 Å². The Balaban J connectivity index is 2.36. The van der Waals surface area contributed by atoms with E-state index in [0.717, 1.165) is 10.0 Å². The van der Waals surface area contributed by atoms with Crippen molar-refractivity contribution in [3.05, 3.63) is 40.4 Å². The number of cyclic esters (lactones) is 1. The molecule has 4 heteroatoms. The molecular weight excluding hydrogens is 248 g/mol. The third-order valence-corrected chi connectivity index (χ3v) is 2.47. The van der Waals surface area contributed by atoms with Gasteiger partial charge >= 0.3 is 5.97 Å². The van der Waals surface area contributed by atoms with Gasteiger partial charge in [-0.05, 0) is 17.7 Å². The van der Waals surface area contributed by atoms with Gasteiger partial charge in [0.05, 0.1) is 0 Å². The zero-order valence-electron chi connectivity index (χ0n) is 7.11. The van der Waals surface area contributed by atoms with Crippen LogP contribution in [0.1, 0.15) is 5.56 Å². The zero-order chi connectivity index (χ0) is 10.1. The van der Waals surface area contributed by atoms with Crippen LogP contribution in [-0.2, 0) is 9.53 Å². The monoisotopic (exact) mass is 254 g/mol. The molecule has 72 valence electrons. The van der Waals surface area contributed by atoms with Gasteiger partial charge in [0.2, 0.25) is 6.29 Å². The van der Waals surface area contributed by atoms with E-state index in [1.807, 2.05) is 12.1 Å². The third kappa shape index (κ3) is 1.71. The number of carbonyl (C=O) groups excluding carboxylic acids is 1. The Bertz CT molecular complexity index is 394. The van der Waals surface area contributed by atoms with E-state index in [0.29, 0.717) is 5.57 Å². The van der Waals surface area contributed by atoms with Gasteiger partial charge in [-0.2, -0.15) is 0 Å². The number of ether oxygens (including phenoxy) is 1. The van der Waals surface area contributed by atoms with Crippen molar-refractivity contribution in [1.29, 1.82) is 0 Å². The molecule has 1 unspecified atom stereocenters. The Morgan fingerprint density at radius 1 is 1.29 bits per heavy atom. The molecule has 0 spiro atoms. The quantitative estimate of drug-likeness (QED) is 0.777. The van der Waals surface area contributed by atoms with E-state index in [-0.39, 0.29) is 0 Å². The molecule has 1 N–H and O–H groups in total. The zero-order valence-corrected chi connectivity index (χ0v) is 8.69. The van der Waals surface area contributed by atoms with E-state index in [4.69, 9.17) is 0 Å². The number of aliphatic hydroxyl groups excluding tert-OH is 1. The number of hydrogen-bond acceptors (Lipinski definition) is 3. The maximum absolute atomic E-state index is 10.8. The van der Waals surface area contributed by atoms with Gasteiger partial charge in [-0.1, -0.05) is 28.1 Å². The molecule has 1 aromatic carbocycles. The van der Waals surface area contributed by atoms with E-state index < -0.39 is 12.3 Å². The maximum Gasteiger partial charge on any atom is 0.333 e. The summed E-state index contributed by atoms with van der Waals surface area (Å²) in [5, 5.41) is 9.36. The standard InChI is InChI=1S/C10H7BrO3/c11-7-3-1-6(2-4-7)8-5-9(12)14-10(8)13/h1-5,10,13H. The molecule has 14 heavy (non-hydrogen) atoms. The Morgan fingerprint density at radius 2 is 1.93 bits per heavy atom. The average molecular weight is 255 g/mol. The normalized spacial score (nSPS) is 20.6. The van der Waals surface area contributed by atoms with Gasteiger partial charge in [0.15, 0.2) is 0 Å². The molecule has 0 aliphatic carbocycles. The molecule has 1 aliphatic rings. The van der Waals surface area contributed by atoms with Crippen molar-refractivity contribution in [2.45, 2.75) is 6.29 Å². The number of halogens is 1. The minimum atomic E-state index is -1.14. The second kappa shape index (κ2) is 3.55. The lowest BCUT2D eigenvalue weighted by atomic mass is 10.1. The molecule has 1 aliphatic heterocycles. The lowest BCUT2D eigenvalue weighted by molar-refractivity contribution is -0.149. The fourth-order valence-electron chi connectivity index (χ4n) is 1.27. The molecule has 0 saturated carbocycles. The number of aliphatic hydroxyl groups is 1. The molecule has 3 nitrogen and oxygen atoms in total. The fourth-order valence-corrected chi connectivity index (χ4v) is 1.54. The van der Waals surface area contributed by atoms with Crippen LogP contribution >= 0.6 is 15.9 Å². The molecule has 0 amide bonds. The molecule has 0 aromatic heterocycles. The van der Waals surface area contributed by atoms with Crippen LogP contribution in [0.2, 0.25) is 0 Å². The highest BCUT2D eigenvalue weighted by molar-refractivity contribution is 9.10. The highest BCUT2D eigenvalue weighted by Crippen LogP contribution is 2.25. The minimum absolute atomic E-state index is 0.502. The Kier molecular flexibility index (Phi) is 2.39. The topological polar surface area (TPSA) is 46.5 Å². The SMILES string of the molecule is O=C1C=C(c2ccc(Br)cc2)C(O)O1. The van der Waals surface area contributed by atoms with Crippen molar-refractivity contribution >= 4 is 27.5 Å². The molecule has 0 radical (unpaired) electrons. The average Bonchev–Trinajstić information content (AvgIpc) is 2.47. The summed E-state index contributed by atoms with van der Waals surface area (Å²) in [5.74, 6) is -0.504. The predicted molar refractivity (Wildman–Crippen MR) is 54.2 cm³/mol. The van der Waals surface area contributed by atoms with E-state index in [1.165, 1.54) is 6.08 Å². The largest absolute Gasteiger partial charge is 0.428 e. The molecule has 1 aromatic rings. The first-order chi connectivity index (χ1) is 6.66. The lowest BCUT2D eigenvalue weighted by Gasteiger charge is -2.07. The van der Waals surface area contributed by atoms with Crippen LogP contribution in [0.15, 0.2) is 34.8 Å². The summed E-state index contributed by atoms with van der Waals surface area (Å²) < 4.78 is 5.52. The van der Waals surface area contributed by atoms with Crippen LogP contribution in [0, 0.1) is 0 Å². The summed E-state index contributed by atoms with van der Waals surface area (Å²) in [4.78, 5) is 10.8. The molecule has 2 rings (SSSR count). The maximum atomic E-state index is 10.8. The van der Waals surface area contributed by atoms with Crippen molar-refractivity contribution in [3.8, 4) is 0 Å². The van der Waals surface area contributed by atoms with E-state index in [2.05, 4.69) is 20.7 Å². The number of hydrogen-bond donors (Lipinski definition) is 1. The van der Waals surface area contributed by atoms with E-state index in [9.17, 15) is 9.90 Å². The number of benzene rings is 1. The fraction of sp³-hybridized carbons (Fsp3) is 0.100. The Labute approximate surface area is 89.1 Å². The van der Waals surface area contributed by atoms with Crippen LogP contribution in [0.25, 0.3) is 5.57 Å². The highest BCUT2D eigenvalue weighted by Gasteiger charge is 2.24. The summed E-state index contributed by atoms with van der Waals surface area (Å²) in [6.45, 7) is 0. The lowest BCUT2D eigenvalue weighted by Crippen LogP contribution is -2.09. The minimum Gasteiger partial charge on any atom is -0.428 e. The van der Waals surface area contributed by atoms with Crippen molar-refractivity contribution in [1.82, 2.24) is 0 Å². The van der Waals surface area contributed by atoms with Crippen molar-refractivity contribution in [2.24, 2.45) is 0 Å². The summed E-state index contributed by atoms with van der Waals surface area (Å²) >= 11 is 3.30. The van der Waals surface area contributed by atoms with Gasteiger partial charge in [-0.3, -0.25) is 0 Å². The van der Waals surface area contributed by atoms with Gasteiger partial charge in [0.25, 0.3) is 0 Å². The van der Waals surface area contributed by atoms with Gasteiger partial charge in [-0.25, -0.2) is 4.79 Å². The van der Waals surface area contributed by atoms with E-state index in [1.54, 1.807) is 12.1 Å². The predicted octanol–water partition coefficient (Wildman–Crippen LogP) is 1.71. The molecule has 0 fully saturated rings. The summed E-state index contributed by atoms with van der Waals surface area (Å²) in [7, 11) is 0. The van der Waals surface area contributed by atoms with Gasteiger partial charge in [0.1, 0.15) is 0 Å². The highest BCUT2D eigenvalue weighted by atomic mass is 79.9. The first-order valence-corrected chi connectivity index (χ1v) is 4.82. The summed E-state index contributed by atoms with van der Waals surface area (Å²) in [6, 6.07) is 7.29. The van der Waals surface area contributed by atoms with Crippen LogP contribution in [-0.4, -0.2) is 17.4 Å². The van der Waals surface area contributed by atoms with E-state index >= 15 is 0 Å². The van der Waals surface area contributed by atoms with Crippen molar-refractivity contribution in [3.63, 3.8) is 0 Å². The second-order valence-corrected chi connectivity index (χ2v) is 3.81. The van der Waals surface area contributed by atoms with Gasteiger partial charge in [0, 0.05) is 16.1 Å².